The van der Waals surface area contributed by atoms with E-state index in [0.717, 1.165) is 12.0 Å². The average Bonchev–Trinajstić information content (AvgIpc) is 3.25. The van der Waals surface area contributed by atoms with Gasteiger partial charge in [0, 0.05) is 12.7 Å². The molecule has 1 atom stereocenters. The Morgan fingerprint density at radius 2 is 1.77 bits per heavy atom. The zero-order valence-corrected chi connectivity index (χ0v) is 23.1. The van der Waals surface area contributed by atoms with Gasteiger partial charge in [-0.05, 0) is 43.2 Å². The van der Waals surface area contributed by atoms with Gasteiger partial charge in [0.15, 0.2) is 4.80 Å². The molecule has 0 saturated heterocycles. The van der Waals surface area contributed by atoms with E-state index in [9.17, 15) is 14.4 Å². The van der Waals surface area contributed by atoms with E-state index in [4.69, 9.17) is 18.9 Å². The number of fused-ring (bicyclic) bond motifs is 1. The number of rotatable bonds is 10. The fourth-order valence-electron chi connectivity index (χ4n) is 4.21. The molecule has 0 amide bonds. The monoisotopic (exact) mass is 550 g/mol. The number of ether oxygens (including phenoxy) is 4. The van der Waals surface area contributed by atoms with Crippen molar-refractivity contribution in [2.24, 2.45) is 4.99 Å². The molecule has 39 heavy (non-hydrogen) atoms. The Bertz CT molecular complexity index is 1570. The van der Waals surface area contributed by atoms with E-state index in [1.807, 2.05) is 31.2 Å². The molecular weight excluding hydrogens is 520 g/mol. The van der Waals surface area contributed by atoms with Gasteiger partial charge < -0.3 is 18.9 Å². The summed E-state index contributed by atoms with van der Waals surface area (Å²) >= 11 is 1.22. The van der Waals surface area contributed by atoms with Crippen molar-refractivity contribution < 1.29 is 28.5 Å². The molecule has 9 nitrogen and oxygen atoms in total. The summed E-state index contributed by atoms with van der Waals surface area (Å²) in [6.45, 7) is 4.53. The average molecular weight is 551 g/mol. The summed E-state index contributed by atoms with van der Waals surface area (Å²) in [6.07, 6.45) is 2.53. The van der Waals surface area contributed by atoms with E-state index in [0.29, 0.717) is 38.5 Å². The van der Waals surface area contributed by atoms with E-state index in [1.54, 1.807) is 37.3 Å². The fraction of sp³-hybridized carbons (Fsp3) is 0.310. The first-order valence-corrected chi connectivity index (χ1v) is 13.3. The molecule has 1 aliphatic heterocycles. The lowest BCUT2D eigenvalue weighted by molar-refractivity contribution is -0.140. The summed E-state index contributed by atoms with van der Waals surface area (Å²) in [5, 5.41) is 0. The van der Waals surface area contributed by atoms with Crippen LogP contribution in [0.25, 0.3) is 6.08 Å². The minimum atomic E-state index is -0.798. The number of para-hydroxylation sites is 1. The van der Waals surface area contributed by atoms with Gasteiger partial charge in [0.1, 0.15) is 18.4 Å². The molecule has 1 aliphatic rings. The SMILES string of the molecule is CCCOc1ccccc1[C@@H]1C(C(=O)OCCOC)=C(C)N=c2s/c(=C/c3ccc(C(=O)OC)cc3)c(=O)n21. The number of nitrogens with zero attached hydrogens (tertiary/aromatic N) is 2. The quantitative estimate of drug-likeness (QED) is 0.282. The topological polar surface area (TPSA) is 105 Å². The van der Waals surface area contributed by atoms with Crippen LogP contribution in [0.3, 0.4) is 0 Å². The Hall–Kier alpha value is -4.02. The van der Waals surface area contributed by atoms with Gasteiger partial charge in [-0.25, -0.2) is 14.6 Å². The highest BCUT2D eigenvalue weighted by molar-refractivity contribution is 7.07. The minimum Gasteiger partial charge on any atom is -0.493 e. The molecule has 0 bridgehead atoms. The maximum atomic E-state index is 13.9. The van der Waals surface area contributed by atoms with Crippen molar-refractivity contribution >= 4 is 29.4 Å². The Morgan fingerprint density at radius 1 is 1.03 bits per heavy atom. The zero-order chi connectivity index (χ0) is 27.9. The van der Waals surface area contributed by atoms with Crippen LogP contribution in [0.15, 0.2) is 69.6 Å². The third-order valence-corrected chi connectivity index (χ3v) is 7.05. The van der Waals surface area contributed by atoms with Crippen LogP contribution in [-0.2, 0) is 19.0 Å². The number of allylic oxidation sites excluding steroid dienone is 1. The van der Waals surface area contributed by atoms with E-state index in [-0.39, 0.29) is 24.3 Å². The second kappa shape index (κ2) is 12.7. The molecule has 2 aromatic carbocycles. The highest BCUT2D eigenvalue weighted by Crippen LogP contribution is 2.35. The predicted octanol–water partition coefficient (Wildman–Crippen LogP) is 3.00. The molecule has 204 valence electrons. The number of hydrogen-bond acceptors (Lipinski definition) is 9. The molecule has 3 aromatic rings. The molecule has 0 unspecified atom stereocenters. The van der Waals surface area contributed by atoms with Crippen molar-refractivity contribution in [2.75, 3.05) is 34.0 Å². The first-order valence-electron chi connectivity index (χ1n) is 12.5. The van der Waals surface area contributed by atoms with Gasteiger partial charge in [-0.2, -0.15) is 0 Å². The number of esters is 2. The molecule has 0 fully saturated rings. The number of carbonyl (C=O) groups is 2. The minimum absolute atomic E-state index is 0.0683. The largest absolute Gasteiger partial charge is 0.493 e. The third kappa shape index (κ3) is 6.02. The van der Waals surface area contributed by atoms with Crippen molar-refractivity contribution in [2.45, 2.75) is 26.3 Å². The molecule has 0 saturated carbocycles. The highest BCUT2D eigenvalue weighted by Gasteiger charge is 2.35. The van der Waals surface area contributed by atoms with Crippen molar-refractivity contribution in [3.05, 3.63) is 96.2 Å². The number of thiazole rings is 1. The maximum Gasteiger partial charge on any atom is 0.338 e. The van der Waals surface area contributed by atoms with Crippen LogP contribution in [0.5, 0.6) is 5.75 Å². The molecule has 2 heterocycles. The normalized spacial score (nSPS) is 15.0. The predicted molar refractivity (Wildman–Crippen MR) is 147 cm³/mol. The van der Waals surface area contributed by atoms with Crippen LogP contribution in [0.1, 0.15) is 47.8 Å². The zero-order valence-electron chi connectivity index (χ0n) is 22.3. The number of carbonyl (C=O) groups excluding carboxylic acids is 2. The van der Waals surface area contributed by atoms with Crippen LogP contribution in [0, 0.1) is 0 Å². The molecule has 0 radical (unpaired) electrons. The molecule has 0 N–H and O–H groups in total. The van der Waals surface area contributed by atoms with Gasteiger partial charge in [0.25, 0.3) is 5.56 Å². The van der Waals surface area contributed by atoms with Gasteiger partial charge in [-0.3, -0.25) is 9.36 Å². The van der Waals surface area contributed by atoms with E-state index in [1.165, 1.54) is 30.1 Å². The summed E-state index contributed by atoms with van der Waals surface area (Å²) in [6, 6.07) is 13.3. The summed E-state index contributed by atoms with van der Waals surface area (Å²) in [5.74, 6) is -0.434. The Labute approximate surface area is 229 Å². The van der Waals surface area contributed by atoms with Crippen LogP contribution in [0.2, 0.25) is 0 Å². The Kier molecular flexibility index (Phi) is 9.11. The third-order valence-electron chi connectivity index (χ3n) is 6.07. The lowest BCUT2D eigenvalue weighted by Gasteiger charge is -2.26. The van der Waals surface area contributed by atoms with Gasteiger partial charge in [0.05, 0.1) is 41.7 Å². The van der Waals surface area contributed by atoms with Crippen LogP contribution >= 0.6 is 11.3 Å². The molecule has 0 spiro atoms. The van der Waals surface area contributed by atoms with E-state index in [2.05, 4.69) is 4.99 Å². The van der Waals surface area contributed by atoms with Crippen molar-refractivity contribution in [3.8, 4) is 5.75 Å². The summed E-state index contributed by atoms with van der Waals surface area (Å²) in [7, 11) is 2.85. The second-order valence-corrected chi connectivity index (χ2v) is 9.72. The Morgan fingerprint density at radius 3 is 2.46 bits per heavy atom. The smallest absolute Gasteiger partial charge is 0.338 e. The molecule has 0 aliphatic carbocycles. The first-order chi connectivity index (χ1) is 18.9. The van der Waals surface area contributed by atoms with Gasteiger partial charge in [-0.1, -0.05) is 48.6 Å². The highest BCUT2D eigenvalue weighted by atomic mass is 32.1. The molecule has 10 heteroatoms. The van der Waals surface area contributed by atoms with Gasteiger partial charge in [0.2, 0.25) is 0 Å². The van der Waals surface area contributed by atoms with E-state index >= 15 is 0 Å². The van der Waals surface area contributed by atoms with Crippen LogP contribution < -0.4 is 19.6 Å². The number of hydrogen-bond donors (Lipinski definition) is 0. The number of benzene rings is 2. The number of aromatic nitrogens is 1. The summed E-state index contributed by atoms with van der Waals surface area (Å²) < 4.78 is 23.2. The van der Waals surface area contributed by atoms with Gasteiger partial charge >= 0.3 is 11.9 Å². The lowest BCUT2D eigenvalue weighted by Crippen LogP contribution is -2.40. The molecule has 1 aromatic heterocycles. The standard InChI is InChI=1S/C29H30N2O7S/c1-5-14-37-22-9-7-6-8-21(22)25-24(28(34)38-16-15-35-3)18(2)30-29-31(25)26(32)23(39-29)17-19-10-12-20(13-11-19)27(33)36-4/h6-13,17,25H,5,14-16H2,1-4H3/b23-17+/t25-/m1/s1. The molecule has 4 rings (SSSR count). The maximum absolute atomic E-state index is 13.9. The van der Waals surface area contributed by atoms with Crippen LogP contribution in [-0.4, -0.2) is 50.5 Å². The van der Waals surface area contributed by atoms with Crippen molar-refractivity contribution in [1.29, 1.82) is 0 Å². The van der Waals surface area contributed by atoms with Gasteiger partial charge in [-0.15, -0.1) is 0 Å². The van der Waals surface area contributed by atoms with Crippen molar-refractivity contribution in [1.82, 2.24) is 4.57 Å². The Balaban J connectivity index is 1.87. The number of methoxy groups -OCH3 is 2. The van der Waals surface area contributed by atoms with Crippen molar-refractivity contribution in [3.63, 3.8) is 0 Å². The second-order valence-electron chi connectivity index (χ2n) is 8.71. The summed E-state index contributed by atoms with van der Waals surface area (Å²) in [4.78, 5) is 44.0. The summed E-state index contributed by atoms with van der Waals surface area (Å²) in [5.41, 5.74) is 2.22. The first kappa shape index (κ1) is 28.0. The lowest BCUT2D eigenvalue weighted by atomic mass is 9.95. The van der Waals surface area contributed by atoms with Crippen LogP contribution in [0.4, 0.5) is 0 Å². The molecular formula is C29H30N2O7S. The fourth-order valence-corrected chi connectivity index (χ4v) is 5.25. The van der Waals surface area contributed by atoms with E-state index < -0.39 is 18.0 Å².